The van der Waals surface area contributed by atoms with Gasteiger partial charge in [-0.2, -0.15) is 5.26 Å². The molecule has 0 unspecified atom stereocenters. The van der Waals surface area contributed by atoms with E-state index < -0.39 is 5.91 Å². The summed E-state index contributed by atoms with van der Waals surface area (Å²) in [6.07, 6.45) is 5.39. The van der Waals surface area contributed by atoms with E-state index in [1.807, 2.05) is 37.3 Å². The van der Waals surface area contributed by atoms with Gasteiger partial charge in [0.05, 0.1) is 6.61 Å². The molecular weight excluding hydrogens is 340 g/mol. The number of nitriles is 1. The van der Waals surface area contributed by atoms with Crippen molar-refractivity contribution in [2.45, 2.75) is 46.5 Å². The summed E-state index contributed by atoms with van der Waals surface area (Å²) in [5, 5.41) is 9.37. The van der Waals surface area contributed by atoms with Crippen LogP contribution in [0.1, 0.15) is 52.0 Å². The monoisotopic (exact) mass is 366 g/mol. The number of hydrogen-bond acceptors (Lipinski definition) is 4. The van der Waals surface area contributed by atoms with E-state index >= 15 is 0 Å². The highest BCUT2D eigenvalue weighted by atomic mass is 16.5. The Morgan fingerprint density at radius 1 is 1.07 bits per heavy atom. The van der Waals surface area contributed by atoms with Crippen LogP contribution in [0, 0.1) is 11.3 Å². The quantitative estimate of drug-likeness (QED) is 0.392. The lowest BCUT2D eigenvalue weighted by Gasteiger charge is -2.27. The molecule has 0 N–H and O–H groups in total. The van der Waals surface area contributed by atoms with Gasteiger partial charge < -0.3 is 4.74 Å². The van der Waals surface area contributed by atoms with Gasteiger partial charge in [-0.25, -0.2) is 0 Å². The van der Waals surface area contributed by atoms with Crippen molar-refractivity contribution in [1.29, 1.82) is 5.26 Å². The zero-order valence-corrected chi connectivity index (χ0v) is 16.2. The van der Waals surface area contributed by atoms with Crippen LogP contribution in [0.4, 0.5) is 0 Å². The minimum Gasteiger partial charge on any atom is -0.494 e. The van der Waals surface area contributed by atoms with Crippen molar-refractivity contribution < 1.29 is 14.3 Å². The molecule has 1 aromatic carbocycles. The van der Waals surface area contributed by atoms with Crippen LogP contribution in [0.3, 0.4) is 0 Å². The van der Waals surface area contributed by atoms with Crippen molar-refractivity contribution in [1.82, 2.24) is 4.90 Å². The first-order valence-electron chi connectivity index (χ1n) is 9.45. The van der Waals surface area contributed by atoms with E-state index in [0.29, 0.717) is 30.7 Å². The van der Waals surface area contributed by atoms with E-state index in [1.165, 1.54) is 4.90 Å². The Labute approximate surface area is 160 Å². The molecular formula is C22H26N2O3. The number of hydrogen-bond donors (Lipinski definition) is 0. The molecule has 2 rings (SSSR count). The van der Waals surface area contributed by atoms with Crippen LogP contribution in [0.15, 0.2) is 41.0 Å². The average molecular weight is 366 g/mol. The molecule has 5 heteroatoms. The van der Waals surface area contributed by atoms with Gasteiger partial charge in [-0.15, -0.1) is 0 Å². The first kappa shape index (κ1) is 20.4. The van der Waals surface area contributed by atoms with Gasteiger partial charge >= 0.3 is 0 Å². The fraction of sp³-hybridized carbons (Fsp3) is 0.409. The second-order valence-corrected chi connectivity index (χ2v) is 6.56. The maximum absolute atomic E-state index is 12.8. The smallest absolute Gasteiger partial charge is 0.271 e. The molecule has 5 nitrogen and oxygen atoms in total. The molecule has 0 radical (unpaired) electrons. The molecule has 0 aliphatic carbocycles. The predicted molar refractivity (Wildman–Crippen MR) is 105 cm³/mol. The third-order valence-corrected chi connectivity index (χ3v) is 4.52. The van der Waals surface area contributed by atoms with E-state index in [1.54, 1.807) is 13.0 Å². The molecule has 1 aliphatic rings. The van der Waals surface area contributed by atoms with Gasteiger partial charge in [0.2, 0.25) is 0 Å². The highest BCUT2D eigenvalue weighted by Gasteiger charge is 2.34. The Hall–Kier alpha value is -2.87. The summed E-state index contributed by atoms with van der Waals surface area (Å²) in [5.74, 6) is -0.0520. The van der Waals surface area contributed by atoms with E-state index in [0.717, 1.165) is 30.6 Å². The SMILES string of the molecule is CCCCOc1ccc(/C=C2/C(=O)N(CCCC)C(=O)C(C#N)=C2C)cc1. The number of nitrogens with zero attached hydrogens (tertiary/aromatic N) is 2. The number of amides is 2. The number of imide groups is 1. The predicted octanol–water partition coefficient (Wildman–Crippen LogP) is 4.26. The van der Waals surface area contributed by atoms with Crippen LogP contribution >= 0.6 is 0 Å². The maximum Gasteiger partial charge on any atom is 0.271 e. The van der Waals surface area contributed by atoms with Crippen LogP contribution in [-0.2, 0) is 9.59 Å². The third kappa shape index (κ3) is 4.85. The molecule has 0 spiro atoms. The van der Waals surface area contributed by atoms with E-state index in [2.05, 4.69) is 6.92 Å². The van der Waals surface area contributed by atoms with Gasteiger partial charge in [0.1, 0.15) is 17.4 Å². The topological polar surface area (TPSA) is 70.4 Å². The Bertz CT molecular complexity index is 798. The summed E-state index contributed by atoms with van der Waals surface area (Å²) >= 11 is 0. The molecule has 142 valence electrons. The van der Waals surface area contributed by atoms with Crippen LogP contribution < -0.4 is 4.74 Å². The molecule has 1 aromatic rings. The largest absolute Gasteiger partial charge is 0.494 e. The lowest BCUT2D eigenvalue weighted by Crippen LogP contribution is -2.43. The van der Waals surface area contributed by atoms with Crippen molar-refractivity contribution in [3.8, 4) is 11.8 Å². The van der Waals surface area contributed by atoms with Crippen LogP contribution in [0.5, 0.6) is 5.75 Å². The molecule has 1 heterocycles. The fourth-order valence-corrected chi connectivity index (χ4v) is 2.81. The number of ether oxygens (including phenoxy) is 1. The maximum atomic E-state index is 12.8. The zero-order chi connectivity index (χ0) is 19.8. The molecule has 0 saturated heterocycles. The van der Waals surface area contributed by atoms with Crippen molar-refractivity contribution >= 4 is 17.9 Å². The molecule has 27 heavy (non-hydrogen) atoms. The van der Waals surface area contributed by atoms with Crippen molar-refractivity contribution in [2.24, 2.45) is 0 Å². The normalized spacial score (nSPS) is 16.1. The number of rotatable bonds is 8. The Kier molecular flexibility index (Phi) is 7.36. The summed E-state index contributed by atoms with van der Waals surface area (Å²) < 4.78 is 5.65. The summed E-state index contributed by atoms with van der Waals surface area (Å²) in [4.78, 5) is 26.4. The van der Waals surface area contributed by atoms with E-state index in [-0.39, 0.29) is 11.5 Å². The van der Waals surface area contributed by atoms with Gasteiger partial charge in [-0.1, -0.05) is 38.8 Å². The molecule has 1 aliphatic heterocycles. The van der Waals surface area contributed by atoms with E-state index in [9.17, 15) is 14.9 Å². The third-order valence-electron chi connectivity index (χ3n) is 4.52. The fourth-order valence-electron chi connectivity index (χ4n) is 2.81. The summed E-state index contributed by atoms with van der Waals surface area (Å²) in [5.41, 5.74) is 1.68. The number of carbonyl (C=O) groups is 2. The molecule has 0 fully saturated rings. The molecule has 0 aromatic heterocycles. The second kappa shape index (κ2) is 9.72. The van der Waals surface area contributed by atoms with Crippen molar-refractivity contribution in [2.75, 3.05) is 13.2 Å². The minimum atomic E-state index is -0.495. The standard InChI is InChI=1S/C22H26N2O3/c1-4-6-12-24-21(25)19(16(3)20(15-23)22(24)26)14-17-8-10-18(11-9-17)27-13-7-5-2/h8-11,14H,4-7,12-13H2,1-3H3/b19-14+. The Balaban J connectivity index is 2.31. The minimum absolute atomic E-state index is 0.0384. The van der Waals surface area contributed by atoms with E-state index in [4.69, 9.17) is 4.74 Å². The number of unbranched alkanes of at least 4 members (excludes halogenated alkanes) is 2. The molecule has 2 amide bonds. The van der Waals surface area contributed by atoms with Gasteiger partial charge in [0.25, 0.3) is 11.8 Å². The second-order valence-electron chi connectivity index (χ2n) is 6.56. The van der Waals surface area contributed by atoms with Crippen molar-refractivity contribution in [3.63, 3.8) is 0 Å². The van der Waals surface area contributed by atoms with Gasteiger partial charge in [0.15, 0.2) is 0 Å². The van der Waals surface area contributed by atoms with Gasteiger partial charge in [0, 0.05) is 12.1 Å². The average Bonchev–Trinajstić information content (AvgIpc) is 2.67. The summed E-state index contributed by atoms with van der Waals surface area (Å²) in [7, 11) is 0. The highest BCUT2D eigenvalue weighted by Crippen LogP contribution is 2.27. The molecule has 0 bridgehead atoms. The highest BCUT2D eigenvalue weighted by molar-refractivity contribution is 6.19. The van der Waals surface area contributed by atoms with Crippen LogP contribution in [0.25, 0.3) is 6.08 Å². The first-order chi connectivity index (χ1) is 13.0. The van der Waals surface area contributed by atoms with Gasteiger partial charge in [-0.3, -0.25) is 14.5 Å². The van der Waals surface area contributed by atoms with Crippen LogP contribution in [0.2, 0.25) is 0 Å². The zero-order valence-electron chi connectivity index (χ0n) is 16.2. The first-order valence-corrected chi connectivity index (χ1v) is 9.45. The lowest BCUT2D eigenvalue weighted by molar-refractivity contribution is -0.140. The Morgan fingerprint density at radius 2 is 1.74 bits per heavy atom. The molecule has 0 atom stereocenters. The van der Waals surface area contributed by atoms with Gasteiger partial charge in [-0.05, 0) is 49.1 Å². The number of carbonyl (C=O) groups excluding carboxylic acids is 2. The number of benzene rings is 1. The molecule has 0 saturated carbocycles. The lowest BCUT2D eigenvalue weighted by atomic mass is 9.93. The summed E-state index contributed by atoms with van der Waals surface area (Å²) in [6, 6.07) is 9.42. The van der Waals surface area contributed by atoms with Crippen LogP contribution in [-0.4, -0.2) is 29.9 Å². The van der Waals surface area contributed by atoms with Crippen molar-refractivity contribution in [3.05, 3.63) is 46.5 Å². The summed E-state index contributed by atoms with van der Waals surface area (Å²) in [6.45, 7) is 6.76. The Morgan fingerprint density at radius 3 is 2.33 bits per heavy atom.